The standard InChI is InChI=1S/C10H14N2O2S/c1-2-3-12-6-11-4-7-8(10(13)14)5-15-9(7)12/h5,11H,2-4,6H2,1H3,(H,13,14). The molecular formula is C10H14N2O2S. The molecular weight excluding hydrogens is 212 g/mol. The summed E-state index contributed by atoms with van der Waals surface area (Å²) in [5.41, 5.74) is 1.38. The molecule has 5 heteroatoms. The molecule has 0 atom stereocenters. The van der Waals surface area contributed by atoms with Gasteiger partial charge in [-0.3, -0.25) is 5.32 Å². The maximum Gasteiger partial charge on any atom is 0.336 e. The van der Waals surface area contributed by atoms with Crippen LogP contribution >= 0.6 is 11.3 Å². The van der Waals surface area contributed by atoms with Gasteiger partial charge in [0.2, 0.25) is 0 Å². The van der Waals surface area contributed by atoms with E-state index in [0.717, 1.165) is 30.2 Å². The molecule has 4 nitrogen and oxygen atoms in total. The fourth-order valence-electron chi connectivity index (χ4n) is 1.83. The fraction of sp³-hybridized carbons (Fsp3) is 0.500. The molecule has 0 unspecified atom stereocenters. The number of carbonyl (C=O) groups is 1. The van der Waals surface area contributed by atoms with E-state index in [9.17, 15) is 4.79 Å². The Hall–Kier alpha value is -1.07. The summed E-state index contributed by atoms with van der Waals surface area (Å²) in [6.45, 7) is 4.58. The van der Waals surface area contributed by atoms with Crippen molar-refractivity contribution >= 4 is 22.3 Å². The number of aromatic carboxylic acids is 1. The number of nitrogens with one attached hydrogen (secondary N) is 1. The summed E-state index contributed by atoms with van der Waals surface area (Å²) < 4.78 is 0. The van der Waals surface area contributed by atoms with Gasteiger partial charge in [0.15, 0.2) is 0 Å². The number of fused-ring (bicyclic) bond motifs is 1. The molecule has 1 aliphatic rings. The Bertz CT molecular complexity index is 375. The molecule has 0 aliphatic carbocycles. The van der Waals surface area contributed by atoms with Crippen molar-refractivity contribution in [3.8, 4) is 0 Å². The first-order valence-electron chi connectivity index (χ1n) is 5.03. The van der Waals surface area contributed by atoms with E-state index in [-0.39, 0.29) is 0 Å². The lowest BCUT2D eigenvalue weighted by molar-refractivity contribution is 0.0696. The summed E-state index contributed by atoms with van der Waals surface area (Å²) in [5.74, 6) is -0.826. The zero-order chi connectivity index (χ0) is 10.8. The molecule has 82 valence electrons. The molecule has 15 heavy (non-hydrogen) atoms. The third kappa shape index (κ3) is 1.85. The summed E-state index contributed by atoms with van der Waals surface area (Å²) in [4.78, 5) is 13.2. The summed E-state index contributed by atoms with van der Waals surface area (Å²) in [6, 6.07) is 0. The molecule has 0 bridgehead atoms. The highest BCUT2D eigenvalue weighted by Gasteiger charge is 2.23. The monoisotopic (exact) mass is 226 g/mol. The van der Waals surface area contributed by atoms with Gasteiger partial charge in [-0.1, -0.05) is 6.92 Å². The molecule has 0 saturated heterocycles. The average Bonchev–Trinajstić information content (AvgIpc) is 2.62. The van der Waals surface area contributed by atoms with Crippen LogP contribution in [0.25, 0.3) is 0 Å². The summed E-state index contributed by atoms with van der Waals surface area (Å²) in [7, 11) is 0. The van der Waals surface area contributed by atoms with E-state index in [1.54, 1.807) is 5.38 Å². The molecule has 2 rings (SSSR count). The van der Waals surface area contributed by atoms with Gasteiger partial charge in [0.05, 0.1) is 17.2 Å². The normalized spacial score (nSPS) is 15.1. The Morgan fingerprint density at radius 1 is 1.73 bits per heavy atom. The molecule has 0 amide bonds. The van der Waals surface area contributed by atoms with E-state index in [1.165, 1.54) is 11.3 Å². The highest BCUT2D eigenvalue weighted by Crippen LogP contribution is 2.33. The Kier molecular flexibility index (Phi) is 2.93. The smallest absolute Gasteiger partial charge is 0.336 e. The first-order valence-corrected chi connectivity index (χ1v) is 5.91. The van der Waals surface area contributed by atoms with Crippen LogP contribution in [0, 0.1) is 0 Å². The summed E-state index contributed by atoms with van der Waals surface area (Å²) >= 11 is 1.53. The Labute approximate surface area is 92.5 Å². The van der Waals surface area contributed by atoms with Crippen molar-refractivity contribution in [2.24, 2.45) is 0 Å². The lowest BCUT2D eigenvalue weighted by Crippen LogP contribution is -2.39. The fourth-order valence-corrected chi connectivity index (χ4v) is 2.93. The molecule has 0 saturated carbocycles. The number of hydrogen-bond donors (Lipinski definition) is 2. The van der Waals surface area contributed by atoms with Gasteiger partial charge in [-0.2, -0.15) is 0 Å². The van der Waals surface area contributed by atoms with Crippen molar-refractivity contribution < 1.29 is 9.90 Å². The lowest BCUT2D eigenvalue weighted by atomic mass is 10.1. The topological polar surface area (TPSA) is 52.6 Å². The first kappa shape index (κ1) is 10.4. The predicted octanol–water partition coefficient (Wildman–Crippen LogP) is 1.72. The summed E-state index contributed by atoms with van der Waals surface area (Å²) in [6.07, 6.45) is 1.07. The maximum atomic E-state index is 11.0. The van der Waals surface area contributed by atoms with Crippen molar-refractivity contribution in [2.45, 2.75) is 19.9 Å². The molecule has 0 aromatic carbocycles. The zero-order valence-corrected chi connectivity index (χ0v) is 9.43. The van der Waals surface area contributed by atoms with Gasteiger partial charge in [0.1, 0.15) is 0 Å². The van der Waals surface area contributed by atoms with Crippen molar-refractivity contribution in [3.63, 3.8) is 0 Å². The van der Waals surface area contributed by atoms with Crippen LogP contribution in [0.15, 0.2) is 5.38 Å². The van der Waals surface area contributed by atoms with E-state index >= 15 is 0 Å². The van der Waals surface area contributed by atoms with Crippen LogP contribution in [0.5, 0.6) is 0 Å². The van der Waals surface area contributed by atoms with Crippen molar-refractivity contribution in [2.75, 3.05) is 18.1 Å². The largest absolute Gasteiger partial charge is 0.478 e. The van der Waals surface area contributed by atoms with Gasteiger partial charge >= 0.3 is 5.97 Å². The zero-order valence-electron chi connectivity index (χ0n) is 8.62. The van der Waals surface area contributed by atoms with Crippen LogP contribution in [0.2, 0.25) is 0 Å². The lowest BCUT2D eigenvalue weighted by Gasteiger charge is -2.29. The molecule has 0 spiro atoms. The van der Waals surface area contributed by atoms with Crippen LogP contribution in [0.1, 0.15) is 29.3 Å². The number of hydrogen-bond acceptors (Lipinski definition) is 4. The highest BCUT2D eigenvalue weighted by atomic mass is 32.1. The van der Waals surface area contributed by atoms with Gasteiger partial charge in [-0.25, -0.2) is 4.79 Å². The second kappa shape index (κ2) is 4.20. The Morgan fingerprint density at radius 2 is 2.53 bits per heavy atom. The first-order chi connectivity index (χ1) is 7.24. The van der Waals surface area contributed by atoms with E-state index in [0.29, 0.717) is 12.1 Å². The summed E-state index contributed by atoms with van der Waals surface area (Å²) in [5, 5.41) is 15.1. The predicted molar refractivity (Wildman–Crippen MR) is 60.6 cm³/mol. The molecule has 0 radical (unpaired) electrons. The number of carboxylic acid groups (broad SMARTS) is 1. The third-order valence-corrected chi connectivity index (χ3v) is 3.57. The number of carboxylic acids is 1. The van der Waals surface area contributed by atoms with Gasteiger partial charge < -0.3 is 10.0 Å². The average molecular weight is 226 g/mol. The van der Waals surface area contributed by atoms with Gasteiger partial charge in [0, 0.05) is 24.0 Å². The molecule has 1 aliphatic heterocycles. The van der Waals surface area contributed by atoms with E-state index in [2.05, 4.69) is 17.1 Å². The molecule has 1 aromatic heterocycles. The number of thiophene rings is 1. The Balaban J connectivity index is 2.33. The second-order valence-corrected chi connectivity index (χ2v) is 4.44. The van der Waals surface area contributed by atoms with Crippen molar-refractivity contribution in [3.05, 3.63) is 16.5 Å². The van der Waals surface area contributed by atoms with Crippen LogP contribution in [0.4, 0.5) is 5.00 Å². The van der Waals surface area contributed by atoms with Crippen molar-refractivity contribution in [1.82, 2.24) is 5.32 Å². The molecule has 0 fully saturated rings. The maximum absolute atomic E-state index is 11.0. The third-order valence-electron chi connectivity index (χ3n) is 2.49. The molecule has 2 heterocycles. The van der Waals surface area contributed by atoms with Crippen LogP contribution in [-0.2, 0) is 6.54 Å². The minimum Gasteiger partial charge on any atom is -0.478 e. The Morgan fingerprint density at radius 3 is 3.20 bits per heavy atom. The van der Waals surface area contributed by atoms with Gasteiger partial charge in [0.25, 0.3) is 0 Å². The quantitative estimate of drug-likeness (QED) is 0.824. The van der Waals surface area contributed by atoms with Crippen LogP contribution in [0.3, 0.4) is 0 Å². The van der Waals surface area contributed by atoms with Crippen LogP contribution < -0.4 is 10.2 Å². The SMILES string of the molecule is CCCN1CNCc2c(C(=O)O)csc21. The second-order valence-electron chi connectivity index (χ2n) is 3.59. The van der Waals surface area contributed by atoms with E-state index in [4.69, 9.17) is 5.11 Å². The van der Waals surface area contributed by atoms with Crippen LogP contribution in [-0.4, -0.2) is 24.3 Å². The minimum absolute atomic E-state index is 0.448. The highest BCUT2D eigenvalue weighted by molar-refractivity contribution is 7.14. The molecule has 2 N–H and O–H groups in total. The van der Waals surface area contributed by atoms with Crippen molar-refractivity contribution in [1.29, 1.82) is 0 Å². The number of anilines is 1. The number of rotatable bonds is 3. The number of nitrogens with zero attached hydrogens (tertiary/aromatic N) is 1. The van der Waals surface area contributed by atoms with Gasteiger partial charge in [-0.15, -0.1) is 11.3 Å². The molecule has 1 aromatic rings. The van der Waals surface area contributed by atoms with E-state index < -0.39 is 5.97 Å². The van der Waals surface area contributed by atoms with E-state index in [1.807, 2.05) is 0 Å². The minimum atomic E-state index is -0.826. The van der Waals surface area contributed by atoms with Gasteiger partial charge in [-0.05, 0) is 6.42 Å².